The lowest BCUT2D eigenvalue weighted by molar-refractivity contribution is -0.130. The van der Waals surface area contributed by atoms with Gasteiger partial charge in [-0.15, -0.1) is 0 Å². The number of fused-ring (bicyclic) bond motifs is 1. The lowest BCUT2D eigenvalue weighted by Crippen LogP contribution is -2.30. The number of amides is 1. The minimum atomic E-state index is -0.822. The Morgan fingerprint density at radius 2 is 2.00 bits per heavy atom. The van der Waals surface area contributed by atoms with Crippen molar-refractivity contribution < 1.29 is 23.5 Å². The molecule has 0 unspecified atom stereocenters. The fraction of sp³-hybridized carbons (Fsp3) is 0.0870. The molecule has 0 fully saturated rings. The first-order chi connectivity index (χ1) is 14.6. The lowest BCUT2D eigenvalue weighted by Gasteiger charge is -2.25. The van der Waals surface area contributed by atoms with Gasteiger partial charge in [0, 0.05) is 17.8 Å². The van der Waals surface area contributed by atoms with Gasteiger partial charge in [0.15, 0.2) is 11.5 Å². The molecule has 7 nitrogen and oxygen atoms in total. The van der Waals surface area contributed by atoms with Crippen LogP contribution in [0.2, 0.25) is 0 Å². The summed E-state index contributed by atoms with van der Waals surface area (Å²) in [5.41, 5.74) is 1.11. The molecule has 3 aromatic heterocycles. The Morgan fingerprint density at radius 3 is 2.73 bits per heavy atom. The van der Waals surface area contributed by atoms with E-state index in [4.69, 9.17) is 8.83 Å². The molecule has 0 radical (unpaired) electrons. The van der Waals surface area contributed by atoms with E-state index in [1.807, 2.05) is 12.1 Å². The Hall–Kier alpha value is -4.13. The topological polar surface area (TPSA) is 96.8 Å². The van der Waals surface area contributed by atoms with Crippen molar-refractivity contribution in [1.29, 1.82) is 0 Å². The number of Topliss-reactive ketones (excluding diaryl/α,β-unsaturated/α-hetero) is 1. The Kier molecular flexibility index (Phi) is 4.21. The van der Waals surface area contributed by atoms with Crippen LogP contribution in [0.15, 0.2) is 93.4 Å². The molecule has 1 aliphatic rings. The van der Waals surface area contributed by atoms with Crippen LogP contribution in [0.3, 0.4) is 0 Å². The van der Waals surface area contributed by atoms with Gasteiger partial charge in [0.2, 0.25) is 5.78 Å². The van der Waals surface area contributed by atoms with Crippen LogP contribution >= 0.6 is 0 Å². The van der Waals surface area contributed by atoms with Crippen LogP contribution in [0.1, 0.15) is 27.9 Å². The maximum Gasteiger partial charge on any atom is 0.290 e. The summed E-state index contributed by atoms with van der Waals surface area (Å²) < 4.78 is 11.1. The minimum Gasteiger partial charge on any atom is -0.503 e. The maximum absolute atomic E-state index is 13.4. The lowest BCUT2D eigenvalue weighted by atomic mass is 9.96. The van der Waals surface area contributed by atoms with Crippen LogP contribution in [-0.4, -0.2) is 26.7 Å². The fourth-order valence-electron chi connectivity index (χ4n) is 3.73. The smallest absolute Gasteiger partial charge is 0.290 e. The molecule has 4 aromatic rings. The second kappa shape index (κ2) is 7.04. The number of rotatable bonds is 5. The third kappa shape index (κ3) is 2.88. The van der Waals surface area contributed by atoms with Gasteiger partial charge < -0.3 is 18.8 Å². The van der Waals surface area contributed by atoms with Gasteiger partial charge in [0.05, 0.1) is 24.4 Å². The zero-order chi connectivity index (χ0) is 20.7. The van der Waals surface area contributed by atoms with Crippen molar-refractivity contribution >= 4 is 22.7 Å². The van der Waals surface area contributed by atoms with Gasteiger partial charge in [-0.05, 0) is 35.9 Å². The van der Waals surface area contributed by atoms with E-state index in [9.17, 15) is 14.7 Å². The first kappa shape index (κ1) is 17.9. The van der Waals surface area contributed by atoms with Gasteiger partial charge in [-0.3, -0.25) is 14.6 Å². The van der Waals surface area contributed by atoms with E-state index in [2.05, 4.69) is 4.98 Å². The highest BCUT2D eigenvalue weighted by Gasteiger charge is 2.45. The average molecular weight is 400 g/mol. The van der Waals surface area contributed by atoms with E-state index in [0.717, 1.165) is 5.39 Å². The second-order valence-corrected chi connectivity index (χ2v) is 6.94. The van der Waals surface area contributed by atoms with Gasteiger partial charge in [-0.25, -0.2) is 0 Å². The largest absolute Gasteiger partial charge is 0.503 e. The molecule has 0 bridgehead atoms. The number of pyridine rings is 1. The van der Waals surface area contributed by atoms with Crippen LogP contribution < -0.4 is 0 Å². The van der Waals surface area contributed by atoms with Gasteiger partial charge in [0.25, 0.3) is 5.91 Å². The zero-order valence-corrected chi connectivity index (χ0v) is 15.7. The number of para-hydroxylation sites is 1. The van der Waals surface area contributed by atoms with Gasteiger partial charge in [0.1, 0.15) is 11.3 Å². The first-order valence-corrected chi connectivity index (χ1v) is 9.33. The summed E-state index contributed by atoms with van der Waals surface area (Å²) in [4.78, 5) is 31.8. The second-order valence-electron chi connectivity index (χ2n) is 6.94. The number of ketones is 1. The van der Waals surface area contributed by atoms with Gasteiger partial charge in [-0.1, -0.05) is 24.3 Å². The summed E-state index contributed by atoms with van der Waals surface area (Å²) in [6, 6.07) is 14.9. The molecule has 4 heterocycles. The third-order valence-corrected chi connectivity index (χ3v) is 5.10. The highest BCUT2D eigenvalue weighted by molar-refractivity contribution is 6.15. The zero-order valence-electron chi connectivity index (χ0n) is 15.7. The standard InChI is InChI=1S/C23H16N2O5/c26-21(18-11-14-5-1-2-8-17(14)30-18)19-20(15-6-3-9-24-12-15)25(23(28)22(19)27)13-16-7-4-10-29-16/h1-12,20,27H,13H2/t20-/m1/s1. The van der Waals surface area contributed by atoms with Crippen LogP contribution in [0, 0.1) is 0 Å². The Morgan fingerprint density at radius 1 is 1.13 bits per heavy atom. The number of carbonyl (C=O) groups excluding carboxylic acids is 2. The number of furan rings is 2. The summed E-state index contributed by atoms with van der Waals surface area (Å²) in [7, 11) is 0. The molecule has 1 amide bonds. The van der Waals surface area contributed by atoms with Crippen LogP contribution in [0.4, 0.5) is 0 Å². The Bertz CT molecular complexity index is 1240. The molecule has 0 spiro atoms. The monoisotopic (exact) mass is 400 g/mol. The predicted octanol–water partition coefficient (Wildman–Crippen LogP) is 4.20. The molecule has 1 aliphatic heterocycles. The molecule has 1 aromatic carbocycles. The molecular weight excluding hydrogens is 384 g/mol. The SMILES string of the molecule is O=C(C1=C(O)C(=O)N(Cc2ccco2)[C@@H]1c1cccnc1)c1cc2ccccc2o1. The normalized spacial score (nSPS) is 16.6. The minimum absolute atomic E-state index is 0.0430. The molecule has 0 aliphatic carbocycles. The van der Waals surface area contributed by atoms with Crippen molar-refractivity contribution in [2.24, 2.45) is 0 Å². The number of hydrogen-bond acceptors (Lipinski definition) is 6. The van der Waals surface area contributed by atoms with E-state index in [0.29, 0.717) is 16.9 Å². The van der Waals surface area contributed by atoms with Crippen LogP contribution in [0.25, 0.3) is 11.0 Å². The highest BCUT2D eigenvalue weighted by atomic mass is 16.3. The first-order valence-electron chi connectivity index (χ1n) is 9.33. The molecule has 7 heteroatoms. The van der Waals surface area contributed by atoms with Crippen molar-refractivity contribution in [3.8, 4) is 0 Å². The van der Waals surface area contributed by atoms with E-state index in [1.165, 1.54) is 11.2 Å². The molecule has 0 saturated heterocycles. The average Bonchev–Trinajstić information content (AvgIpc) is 3.49. The van der Waals surface area contributed by atoms with E-state index in [1.54, 1.807) is 54.9 Å². The van der Waals surface area contributed by atoms with Crippen LogP contribution in [0.5, 0.6) is 0 Å². The summed E-state index contributed by atoms with van der Waals surface area (Å²) in [5.74, 6) is -1.21. The quantitative estimate of drug-likeness (QED) is 0.504. The summed E-state index contributed by atoms with van der Waals surface area (Å²) >= 11 is 0. The Balaban J connectivity index is 1.60. The Labute approximate surface area is 170 Å². The van der Waals surface area contributed by atoms with Crippen LogP contribution in [-0.2, 0) is 11.3 Å². The van der Waals surface area contributed by atoms with Crippen molar-refractivity contribution in [2.45, 2.75) is 12.6 Å². The number of hydrogen-bond donors (Lipinski definition) is 1. The molecule has 5 rings (SSSR count). The van der Waals surface area contributed by atoms with Gasteiger partial charge >= 0.3 is 0 Å². The number of aromatic nitrogens is 1. The molecule has 0 saturated carbocycles. The van der Waals surface area contributed by atoms with Crippen molar-refractivity contribution in [2.75, 3.05) is 0 Å². The van der Waals surface area contributed by atoms with E-state index >= 15 is 0 Å². The fourth-order valence-corrected chi connectivity index (χ4v) is 3.73. The third-order valence-electron chi connectivity index (χ3n) is 5.10. The number of carbonyl (C=O) groups is 2. The molecular formula is C23H16N2O5. The van der Waals surface area contributed by atoms with E-state index in [-0.39, 0.29) is 17.9 Å². The number of benzene rings is 1. The number of nitrogens with zero attached hydrogens (tertiary/aromatic N) is 2. The number of aliphatic hydroxyl groups is 1. The maximum atomic E-state index is 13.4. The van der Waals surface area contributed by atoms with Gasteiger partial charge in [-0.2, -0.15) is 0 Å². The van der Waals surface area contributed by atoms with E-state index < -0.39 is 23.5 Å². The van der Waals surface area contributed by atoms with Crippen molar-refractivity contribution in [1.82, 2.24) is 9.88 Å². The summed E-state index contributed by atoms with van der Waals surface area (Å²) in [5, 5.41) is 11.4. The molecule has 148 valence electrons. The molecule has 30 heavy (non-hydrogen) atoms. The predicted molar refractivity (Wildman–Crippen MR) is 106 cm³/mol. The summed E-state index contributed by atoms with van der Waals surface area (Å²) in [6.45, 7) is 0.0896. The van der Waals surface area contributed by atoms with Crippen molar-refractivity contribution in [3.63, 3.8) is 0 Å². The van der Waals surface area contributed by atoms with Crippen molar-refractivity contribution in [3.05, 3.63) is 102 Å². The highest BCUT2D eigenvalue weighted by Crippen LogP contribution is 2.40. The summed E-state index contributed by atoms with van der Waals surface area (Å²) in [6.07, 6.45) is 4.67. The number of aliphatic hydroxyl groups excluding tert-OH is 1. The molecule has 1 atom stereocenters. The molecule has 1 N–H and O–H groups in total.